The van der Waals surface area contributed by atoms with Gasteiger partial charge in [-0.25, -0.2) is 9.87 Å². The fourth-order valence-corrected chi connectivity index (χ4v) is 1.97. The summed E-state index contributed by atoms with van der Waals surface area (Å²) in [6, 6.07) is 10.1. The molecule has 110 valence electrons. The Kier molecular flexibility index (Phi) is 4.55. The molecule has 1 amide bonds. The first kappa shape index (κ1) is 15.0. The van der Waals surface area contributed by atoms with Gasteiger partial charge in [-0.05, 0) is 49.2 Å². The molecule has 0 aromatic heterocycles. The summed E-state index contributed by atoms with van der Waals surface area (Å²) in [5.74, 6) is -0.762. The summed E-state index contributed by atoms with van der Waals surface area (Å²) in [5, 5.41) is 2.96. The predicted molar refractivity (Wildman–Crippen MR) is 80.1 cm³/mol. The molecule has 2 aromatic carbocycles. The number of hydrogen-bond acceptors (Lipinski definition) is 3. The van der Waals surface area contributed by atoms with E-state index in [0.29, 0.717) is 16.9 Å². The average molecular weight is 288 g/mol. The van der Waals surface area contributed by atoms with Crippen molar-refractivity contribution in [2.45, 2.75) is 13.8 Å². The fourth-order valence-electron chi connectivity index (χ4n) is 1.97. The van der Waals surface area contributed by atoms with E-state index in [0.717, 1.165) is 11.1 Å². The van der Waals surface area contributed by atoms with Gasteiger partial charge in [0.2, 0.25) is 0 Å². The van der Waals surface area contributed by atoms with Crippen molar-refractivity contribution in [2.75, 3.05) is 12.4 Å². The first-order chi connectivity index (χ1) is 10.0. The van der Waals surface area contributed by atoms with E-state index in [1.807, 2.05) is 13.8 Å². The molecule has 0 spiro atoms. The summed E-state index contributed by atoms with van der Waals surface area (Å²) in [6.45, 7) is 3.71. The number of amides is 1. The topological polar surface area (TPSA) is 50.4 Å². The van der Waals surface area contributed by atoms with Crippen LogP contribution < -0.4 is 10.8 Å². The van der Waals surface area contributed by atoms with Crippen LogP contribution in [0.15, 0.2) is 36.4 Å². The maximum Gasteiger partial charge on any atom is 0.276 e. The van der Waals surface area contributed by atoms with Crippen LogP contribution >= 0.6 is 0 Å². The van der Waals surface area contributed by atoms with E-state index in [2.05, 4.69) is 15.6 Å². The van der Waals surface area contributed by atoms with Crippen LogP contribution in [0.3, 0.4) is 0 Å². The minimum atomic E-state index is -0.396. The van der Waals surface area contributed by atoms with Crippen LogP contribution in [0.4, 0.5) is 15.8 Å². The summed E-state index contributed by atoms with van der Waals surface area (Å²) in [4.78, 5) is 16.6. The Labute approximate surface area is 122 Å². The number of benzene rings is 2. The molecule has 21 heavy (non-hydrogen) atoms. The number of halogens is 1. The number of carbonyl (C=O) groups is 1. The van der Waals surface area contributed by atoms with E-state index in [4.69, 9.17) is 0 Å². The molecule has 0 aliphatic rings. The van der Waals surface area contributed by atoms with Gasteiger partial charge in [-0.2, -0.15) is 0 Å². The molecule has 0 saturated heterocycles. The number of rotatable bonds is 4. The van der Waals surface area contributed by atoms with Crippen LogP contribution in [-0.2, 0) is 4.84 Å². The minimum absolute atomic E-state index is 0.317. The molecule has 5 heteroatoms. The second-order valence-electron chi connectivity index (χ2n) is 4.79. The van der Waals surface area contributed by atoms with Crippen LogP contribution in [-0.4, -0.2) is 13.0 Å². The third-order valence-corrected chi connectivity index (χ3v) is 3.01. The quantitative estimate of drug-likeness (QED) is 0.847. The van der Waals surface area contributed by atoms with E-state index in [9.17, 15) is 9.18 Å². The van der Waals surface area contributed by atoms with Crippen molar-refractivity contribution in [3.8, 4) is 0 Å². The highest BCUT2D eigenvalue weighted by Gasteiger charge is 2.13. The van der Waals surface area contributed by atoms with E-state index < -0.39 is 5.91 Å². The van der Waals surface area contributed by atoms with E-state index in [-0.39, 0.29) is 5.82 Å². The fraction of sp³-hybridized carbons (Fsp3) is 0.188. The second-order valence-corrected chi connectivity index (χ2v) is 4.79. The normalized spacial score (nSPS) is 10.3. The monoisotopic (exact) mass is 288 g/mol. The molecule has 0 radical (unpaired) electrons. The van der Waals surface area contributed by atoms with Gasteiger partial charge in [-0.15, -0.1) is 0 Å². The van der Waals surface area contributed by atoms with Gasteiger partial charge in [-0.1, -0.05) is 12.1 Å². The Hall–Kier alpha value is -2.40. The summed E-state index contributed by atoms with van der Waals surface area (Å²) < 4.78 is 13.9. The van der Waals surface area contributed by atoms with Crippen molar-refractivity contribution in [3.63, 3.8) is 0 Å². The first-order valence-electron chi connectivity index (χ1n) is 6.48. The highest BCUT2D eigenvalue weighted by atomic mass is 19.1. The largest absolute Gasteiger partial charge is 0.352 e. The number of hydrogen-bond donors (Lipinski definition) is 2. The molecule has 0 atom stereocenters. The lowest BCUT2D eigenvalue weighted by Crippen LogP contribution is -2.22. The van der Waals surface area contributed by atoms with Crippen molar-refractivity contribution in [1.82, 2.24) is 5.48 Å². The number of nitrogens with one attached hydrogen (secondary N) is 2. The molecule has 4 nitrogen and oxygen atoms in total. The van der Waals surface area contributed by atoms with Gasteiger partial charge in [0.15, 0.2) is 0 Å². The predicted octanol–water partition coefficient (Wildman–Crippen LogP) is 3.48. The smallest absolute Gasteiger partial charge is 0.276 e. The van der Waals surface area contributed by atoms with Crippen LogP contribution in [0.1, 0.15) is 21.5 Å². The number of aryl methyl sites for hydroxylation is 2. The molecule has 0 fully saturated rings. The molecule has 0 aliphatic carbocycles. The Bertz CT molecular complexity index is 671. The molecule has 0 saturated carbocycles. The first-order valence-corrected chi connectivity index (χ1v) is 6.48. The molecular weight excluding hydrogens is 271 g/mol. The molecule has 0 bridgehead atoms. The van der Waals surface area contributed by atoms with Gasteiger partial charge in [-0.3, -0.25) is 9.63 Å². The lowest BCUT2D eigenvalue weighted by molar-refractivity contribution is 0.0538. The molecule has 2 aromatic rings. The van der Waals surface area contributed by atoms with Crippen LogP contribution in [0.2, 0.25) is 0 Å². The Morgan fingerprint density at radius 3 is 2.38 bits per heavy atom. The molecular formula is C16H17FN2O2. The van der Waals surface area contributed by atoms with Crippen molar-refractivity contribution in [3.05, 3.63) is 58.9 Å². The standard InChI is InChI=1S/C16H17FN2O2/c1-10-5-7-14(13(17)8-10)18-15-9-11(2)4-6-12(15)16(20)19-21-3/h4-9,18H,1-3H3,(H,19,20). The molecule has 2 rings (SSSR count). The summed E-state index contributed by atoms with van der Waals surface area (Å²) >= 11 is 0. The van der Waals surface area contributed by atoms with Gasteiger partial charge in [0.25, 0.3) is 5.91 Å². The van der Waals surface area contributed by atoms with Gasteiger partial charge >= 0.3 is 0 Å². The van der Waals surface area contributed by atoms with Gasteiger partial charge < -0.3 is 5.32 Å². The number of hydroxylamine groups is 1. The van der Waals surface area contributed by atoms with Crippen molar-refractivity contribution >= 4 is 17.3 Å². The van der Waals surface area contributed by atoms with Crippen LogP contribution in [0.25, 0.3) is 0 Å². The highest BCUT2D eigenvalue weighted by Crippen LogP contribution is 2.25. The Morgan fingerprint density at radius 2 is 1.71 bits per heavy atom. The lowest BCUT2D eigenvalue weighted by Gasteiger charge is -2.13. The molecule has 2 N–H and O–H groups in total. The van der Waals surface area contributed by atoms with Gasteiger partial charge in [0.05, 0.1) is 24.0 Å². The average Bonchev–Trinajstić information content (AvgIpc) is 2.42. The van der Waals surface area contributed by atoms with E-state index >= 15 is 0 Å². The maximum atomic E-state index is 13.9. The molecule has 0 unspecified atom stereocenters. The Morgan fingerprint density at radius 1 is 1.05 bits per heavy atom. The van der Waals surface area contributed by atoms with Crippen LogP contribution in [0, 0.1) is 19.7 Å². The number of anilines is 2. The van der Waals surface area contributed by atoms with E-state index in [1.165, 1.54) is 13.2 Å². The van der Waals surface area contributed by atoms with Crippen molar-refractivity contribution in [2.24, 2.45) is 0 Å². The van der Waals surface area contributed by atoms with E-state index in [1.54, 1.807) is 30.3 Å². The Balaban J connectivity index is 2.38. The minimum Gasteiger partial charge on any atom is -0.352 e. The molecule has 0 heterocycles. The molecule has 0 aliphatic heterocycles. The SMILES string of the molecule is CONC(=O)c1ccc(C)cc1Nc1ccc(C)cc1F. The maximum absolute atomic E-state index is 13.9. The summed E-state index contributed by atoms with van der Waals surface area (Å²) in [6.07, 6.45) is 0. The zero-order valence-electron chi connectivity index (χ0n) is 12.2. The third kappa shape index (κ3) is 3.58. The zero-order chi connectivity index (χ0) is 15.4. The summed E-state index contributed by atoms with van der Waals surface area (Å²) in [5.41, 5.74) is 5.26. The van der Waals surface area contributed by atoms with Gasteiger partial charge in [0, 0.05) is 0 Å². The number of carbonyl (C=O) groups excluding carboxylic acids is 1. The summed E-state index contributed by atoms with van der Waals surface area (Å²) in [7, 11) is 1.36. The van der Waals surface area contributed by atoms with Crippen molar-refractivity contribution < 1.29 is 14.0 Å². The second kappa shape index (κ2) is 6.37. The highest BCUT2D eigenvalue weighted by molar-refractivity contribution is 5.99. The zero-order valence-corrected chi connectivity index (χ0v) is 12.2. The van der Waals surface area contributed by atoms with Crippen molar-refractivity contribution in [1.29, 1.82) is 0 Å². The lowest BCUT2D eigenvalue weighted by atomic mass is 10.1. The van der Waals surface area contributed by atoms with Crippen LogP contribution in [0.5, 0.6) is 0 Å². The third-order valence-electron chi connectivity index (χ3n) is 3.01. The van der Waals surface area contributed by atoms with Gasteiger partial charge in [0.1, 0.15) is 5.82 Å².